The smallest absolute Gasteiger partial charge is 0.309 e. The highest BCUT2D eigenvalue weighted by molar-refractivity contribution is 6.33. The fourth-order valence-corrected chi connectivity index (χ4v) is 4.09. The number of esters is 1. The van der Waals surface area contributed by atoms with Crippen molar-refractivity contribution in [1.29, 1.82) is 0 Å². The number of cyclic esters (lactones) is 1. The zero-order chi connectivity index (χ0) is 18.2. The van der Waals surface area contributed by atoms with E-state index in [1.165, 1.54) is 0 Å². The summed E-state index contributed by atoms with van der Waals surface area (Å²) in [5, 5.41) is 0.787. The zero-order valence-corrected chi connectivity index (χ0v) is 16.0. The van der Waals surface area contributed by atoms with Crippen LogP contribution >= 0.6 is 11.6 Å². The Kier molecular flexibility index (Phi) is 5.28. The van der Waals surface area contributed by atoms with E-state index in [2.05, 4.69) is 29.7 Å². The monoisotopic (exact) mass is 365 g/mol. The van der Waals surface area contributed by atoms with Crippen LogP contribution in [0.25, 0.3) is 0 Å². The second kappa shape index (κ2) is 7.14. The number of piperazine rings is 1. The standard InChI is InChI=1S/C19H28ClN3O2/c1-13-10-17(25-18(13)24)15(21)11-23-9-8-22(12-19(23,2)3)16-7-5-4-6-14(16)20/h4-7,13,15,17H,8-12,21H2,1-3H3/t13-,15+,17+/m1/s1. The van der Waals surface area contributed by atoms with Crippen LogP contribution in [0.4, 0.5) is 5.69 Å². The van der Waals surface area contributed by atoms with E-state index >= 15 is 0 Å². The van der Waals surface area contributed by atoms with Gasteiger partial charge in [-0.25, -0.2) is 0 Å². The topological polar surface area (TPSA) is 58.8 Å². The Balaban J connectivity index is 1.63. The highest BCUT2D eigenvalue weighted by Crippen LogP contribution is 2.31. The van der Waals surface area contributed by atoms with E-state index < -0.39 is 0 Å². The Labute approximate surface area is 155 Å². The van der Waals surface area contributed by atoms with Crippen molar-refractivity contribution >= 4 is 23.3 Å². The Hall–Kier alpha value is -1.30. The second-order valence-electron chi connectivity index (χ2n) is 7.91. The van der Waals surface area contributed by atoms with Crippen molar-refractivity contribution in [2.45, 2.75) is 44.9 Å². The van der Waals surface area contributed by atoms with Crippen LogP contribution in [0.2, 0.25) is 5.02 Å². The first-order valence-electron chi connectivity index (χ1n) is 8.98. The Morgan fingerprint density at radius 1 is 1.36 bits per heavy atom. The van der Waals surface area contributed by atoms with E-state index in [4.69, 9.17) is 22.1 Å². The van der Waals surface area contributed by atoms with Gasteiger partial charge < -0.3 is 15.4 Å². The van der Waals surface area contributed by atoms with Crippen LogP contribution in [0.3, 0.4) is 0 Å². The number of benzene rings is 1. The van der Waals surface area contributed by atoms with Gasteiger partial charge in [0.1, 0.15) is 6.10 Å². The third kappa shape index (κ3) is 3.94. The maximum Gasteiger partial charge on any atom is 0.309 e. The van der Waals surface area contributed by atoms with Crippen molar-refractivity contribution in [2.24, 2.45) is 11.7 Å². The van der Waals surface area contributed by atoms with E-state index in [9.17, 15) is 4.79 Å². The molecule has 0 bridgehead atoms. The fraction of sp³-hybridized carbons (Fsp3) is 0.632. The van der Waals surface area contributed by atoms with Crippen molar-refractivity contribution in [3.05, 3.63) is 29.3 Å². The summed E-state index contributed by atoms with van der Waals surface area (Å²) < 4.78 is 5.43. The summed E-state index contributed by atoms with van der Waals surface area (Å²) >= 11 is 6.36. The average molecular weight is 366 g/mol. The molecule has 0 amide bonds. The molecular formula is C19H28ClN3O2. The van der Waals surface area contributed by atoms with Crippen LogP contribution in [-0.4, -0.2) is 54.7 Å². The predicted molar refractivity (Wildman–Crippen MR) is 101 cm³/mol. The molecule has 2 heterocycles. The summed E-state index contributed by atoms with van der Waals surface area (Å²) in [5.74, 6) is -0.163. The first-order valence-corrected chi connectivity index (χ1v) is 9.36. The van der Waals surface area contributed by atoms with Crippen molar-refractivity contribution in [2.75, 3.05) is 31.1 Å². The molecule has 3 atom stereocenters. The van der Waals surface area contributed by atoms with Gasteiger partial charge in [0.25, 0.3) is 0 Å². The molecule has 2 saturated heterocycles. The van der Waals surface area contributed by atoms with E-state index in [0.717, 1.165) is 43.3 Å². The normalized spacial score (nSPS) is 28.0. The zero-order valence-electron chi connectivity index (χ0n) is 15.2. The molecule has 0 radical (unpaired) electrons. The lowest BCUT2D eigenvalue weighted by atomic mass is 9.95. The van der Waals surface area contributed by atoms with Crippen LogP contribution in [0.5, 0.6) is 0 Å². The summed E-state index contributed by atoms with van der Waals surface area (Å²) in [4.78, 5) is 16.4. The molecule has 2 N–H and O–H groups in total. The van der Waals surface area contributed by atoms with Crippen LogP contribution in [0.15, 0.2) is 24.3 Å². The van der Waals surface area contributed by atoms with Crippen molar-refractivity contribution < 1.29 is 9.53 Å². The molecule has 5 nitrogen and oxygen atoms in total. The SMILES string of the molecule is C[C@@H]1C[C@@H]([C@@H](N)CN2CCN(c3ccccc3Cl)CC2(C)C)OC1=O. The molecule has 0 spiro atoms. The van der Waals surface area contributed by atoms with Gasteiger partial charge in [-0.1, -0.05) is 30.7 Å². The van der Waals surface area contributed by atoms with E-state index in [1.54, 1.807) is 0 Å². The summed E-state index contributed by atoms with van der Waals surface area (Å²) in [6, 6.07) is 7.82. The summed E-state index contributed by atoms with van der Waals surface area (Å²) in [6.45, 7) is 9.78. The second-order valence-corrected chi connectivity index (χ2v) is 8.31. The Bertz CT molecular complexity index is 637. The van der Waals surface area contributed by atoms with Crippen molar-refractivity contribution in [1.82, 2.24) is 4.90 Å². The maximum atomic E-state index is 11.6. The summed E-state index contributed by atoms with van der Waals surface area (Å²) in [7, 11) is 0. The molecule has 2 aliphatic rings. The van der Waals surface area contributed by atoms with Crippen molar-refractivity contribution in [3.63, 3.8) is 0 Å². The number of ether oxygens (including phenoxy) is 1. The molecular weight excluding hydrogens is 338 g/mol. The van der Waals surface area contributed by atoms with E-state index in [0.29, 0.717) is 0 Å². The number of anilines is 1. The van der Waals surface area contributed by atoms with Crippen LogP contribution in [-0.2, 0) is 9.53 Å². The molecule has 0 aliphatic carbocycles. The highest BCUT2D eigenvalue weighted by atomic mass is 35.5. The van der Waals surface area contributed by atoms with Gasteiger partial charge in [0, 0.05) is 31.7 Å². The number of hydrogen-bond donors (Lipinski definition) is 1. The number of rotatable bonds is 4. The van der Waals surface area contributed by atoms with Crippen LogP contribution in [0.1, 0.15) is 27.2 Å². The molecule has 2 aliphatic heterocycles. The number of nitrogens with two attached hydrogens (primary N) is 1. The molecule has 3 rings (SSSR count). The summed E-state index contributed by atoms with van der Waals surface area (Å²) in [5.41, 5.74) is 7.42. The Morgan fingerprint density at radius 2 is 2.08 bits per heavy atom. The van der Waals surface area contributed by atoms with Gasteiger partial charge in [0.15, 0.2) is 0 Å². The largest absolute Gasteiger partial charge is 0.460 e. The van der Waals surface area contributed by atoms with Gasteiger partial charge in [-0.3, -0.25) is 9.69 Å². The van der Waals surface area contributed by atoms with Gasteiger partial charge in [-0.2, -0.15) is 0 Å². The molecule has 2 fully saturated rings. The highest BCUT2D eigenvalue weighted by Gasteiger charge is 2.39. The van der Waals surface area contributed by atoms with Gasteiger partial charge in [0.05, 0.1) is 22.7 Å². The van der Waals surface area contributed by atoms with Gasteiger partial charge in [-0.15, -0.1) is 0 Å². The Morgan fingerprint density at radius 3 is 2.68 bits per heavy atom. The van der Waals surface area contributed by atoms with Gasteiger partial charge in [0.2, 0.25) is 0 Å². The first kappa shape index (κ1) is 18.5. The third-order valence-electron chi connectivity index (χ3n) is 5.43. The lowest BCUT2D eigenvalue weighted by molar-refractivity contribution is -0.144. The third-order valence-corrected chi connectivity index (χ3v) is 5.75. The quantitative estimate of drug-likeness (QED) is 0.831. The number of carbonyl (C=O) groups is 1. The number of hydrogen-bond acceptors (Lipinski definition) is 5. The minimum atomic E-state index is -0.167. The number of nitrogens with zero attached hydrogens (tertiary/aromatic N) is 2. The lowest BCUT2D eigenvalue weighted by Gasteiger charge is -2.49. The number of para-hydroxylation sites is 1. The average Bonchev–Trinajstić information content (AvgIpc) is 2.89. The molecule has 0 saturated carbocycles. The van der Waals surface area contributed by atoms with Gasteiger partial charge in [-0.05, 0) is 32.4 Å². The fourth-order valence-electron chi connectivity index (χ4n) is 3.83. The van der Waals surface area contributed by atoms with Crippen molar-refractivity contribution in [3.8, 4) is 0 Å². The van der Waals surface area contributed by atoms with E-state index in [-0.39, 0.29) is 29.6 Å². The van der Waals surface area contributed by atoms with Crippen LogP contribution in [0, 0.1) is 5.92 Å². The van der Waals surface area contributed by atoms with Gasteiger partial charge >= 0.3 is 5.97 Å². The molecule has 1 aromatic rings. The maximum absolute atomic E-state index is 11.6. The van der Waals surface area contributed by atoms with Crippen LogP contribution < -0.4 is 10.6 Å². The molecule has 0 aromatic heterocycles. The minimum absolute atomic E-state index is 0.0384. The number of carbonyl (C=O) groups excluding carboxylic acids is 1. The lowest BCUT2D eigenvalue weighted by Crippen LogP contribution is -2.62. The summed E-state index contributed by atoms with van der Waals surface area (Å²) in [6.07, 6.45) is 0.555. The minimum Gasteiger partial charge on any atom is -0.460 e. The molecule has 0 unspecified atom stereocenters. The molecule has 138 valence electrons. The number of halogens is 1. The van der Waals surface area contributed by atoms with E-state index in [1.807, 2.05) is 25.1 Å². The molecule has 25 heavy (non-hydrogen) atoms. The molecule has 1 aromatic carbocycles. The molecule has 6 heteroatoms. The first-order chi connectivity index (χ1) is 11.8. The predicted octanol–water partition coefficient (Wildman–Crippen LogP) is 2.52.